The fourth-order valence-corrected chi connectivity index (χ4v) is 2.83. The summed E-state index contributed by atoms with van der Waals surface area (Å²) in [6, 6.07) is 21.9. The molecule has 30 heavy (non-hydrogen) atoms. The average molecular weight is 405 g/mol. The summed E-state index contributed by atoms with van der Waals surface area (Å²) in [6.45, 7) is 2.54. The Kier molecular flexibility index (Phi) is 6.89. The number of hydrogen-bond acceptors (Lipinski definition) is 5. The molecule has 0 unspecified atom stereocenters. The zero-order valence-corrected chi connectivity index (χ0v) is 16.5. The summed E-state index contributed by atoms with van der Waals surface area (Å²) in [7, 11) is 0. The van der Waals surface area contributed by atoms with Crippen LogP contribution in [0, 0.1) is 0 Å². The van der Waals surface area contributed by atoms with Gasteiger partial charge in [0.1, 0.15) is 23.3 Å². The molecule has 3 aromatic rings. The minimum absolute atomic E-state index is 0.539. The maximum atomic E-state index is 12.4. The molecule has 0 spiro atoms. The lowest BCUT2D eigenvalue weighted by Gasteiger charge is -2.19. The zero-order valence-electron chi connectivity index (χ0n) is 16.5. The third-order valence-electron chi connectivity index (χ3n) is 4.18. The highest BCUT2D eigenvalue weighted by Crippen LogP contribution is 2.26. The van der Waals surface area contributed by atoms with Crippen molar-refractivity contribution < 1.29 is 19.1 Å². The molecule has 0 aromatic heterocycles. The molecule has 4 N–H and O–H groups in total. The van der Waals surface area contributed by atoms with Crippen LogP contribution in [0.15, 0.2) is 78.9 Å². The third kappa shape index (κ3) is 5.75. The Labute approximate surface area is 174 Å². The summed E-state index contributed by atoms with van der Waals surface area (Å²) < 4.78 is 11.3. The molecule has 3 rings (SSSR count). The number of rotatable bonds is 8. The van der Waals surface area contributed by atoms with Gasteiger partial charge in [0.15, 0.2) is 0 Å². The number of imide groups is 1. The lowest BCUT2D eigenvalue weighted by atomic mass is 10.1. The highest BCUT2D eigenvalue weighted by Gasteiger charge is 2.21. The van der Waals surface area contributed by atoms with E-state index in [2.05, 4.69) is 10.6 Å². The van der Waals surface area contributed by atoms with Gasteiger partial charge in [-0.2, -0.15) is 0 Å². The van der Waals surface area contributed by atoms with Gasteiger partial charge in [-0.05, 0) is 61.0 Å². The van der Waals surface area contributed by atoms with E-state index in [1.165, 1.54) is 0 Å². The number of carbonyl (C=O) groups is 2. The normalized spacial score (nSPS) is 11.2. The van der Waals surface area contributed by atoms with Gasteiger partial charge >= 0.3 is 6.03 Å². The fraction of sp³-hybridized carbons (Fsp3) is 0.130. The van der Waals surface area contributed by atoms with Crippen molar-refractivity contribution in [3.05, 3.63) is 84.4 Å². The standard InChI is InChI=1S/C23H23N3O4/c1-2-29-18-12-14-20(15-13-18)30-19-10-8-17(9-11-19)25-21(22(27)26-23(24)28)16-6-4-3-5-7-16/h3-15,21,25H,2H2,1H3,(H3,24,26,27,28)/t21-/m0/s1. The van der Waals surface area contributed by atoms with Crippen molar-refractivity contribution in [2.75, 3.05) is 11.9 Å². The molecule has 0 saturated carbocycles. The Morgan fingerprint density at radius 2 is 1.43 bits per heavy atom. The van der Waals surface area contributed by atoms with Gasteiger partial charge in [-0.15, -0.1) is 0 Å². The number of primary amides is 1. The van der Waals surface area contributed by atoms with E-state index in [0.29, 0.717) is 29.4 Å². The van der Waals surface area contributed by atoms with Crippen molar-refractivity contribution in [2.24, 2.45) is 5.73 Å². The number of hydrogen-bond donors (Lipinski definition) is 3. The minimum atomic E-state index is -0.901. The first-order chi connectivity index (χ1) is 14.5. The van der Waals surface area contributed by atoms with Crippen LogP contribution in [-0.2, 0) is 4.79 Å². The number of amides is 3. The molecule has 0 aliphatic carbocycles. The lowest BCUT2D eigenvalue weighted by molar-refractivity contribution is -0.120. The molecule has 0 bridgehead atoms. The van der Waals surface area contributed by atoms with Crippen LogP contribution in [-0.4, -0.2) is 18.5 Å². The van der Waals surface area contributed by atoms with Crippen molar-refractivity contribution in [3.63, 3.8) is 0 Å². The van der Waals surface area contributed by atoms with E-state index in [-0.39, 0.29) is 0 Å². The monoisotopic (exact) mass is 405 g/mol. The maximum Gasteiger partial charge on any atom is 0.318 e. The van der Waals surface area contributed by atoms with E-state index in [0.717, 1.165) is 5.75 Å². The largest absolute Gasteiger partial charge is 0.494 e. The number of nitrogens with one attached hydrogen (secondary N) is 2. The molecular formula is C23H23N3O4. The van der Waals surface area contributed by atoms with E-state index in [4.69, 9.17) is 15.2 Å². The minimum Gasteiger partial charge on any atom is -0.494 e. The summed E-state index contributed by atoms with van der Waals surface area (Å²) in [4.78, 5) is 23.5. The molecule has 1 atom stereocenters. The van der Waals surface area contributed by atoms with Crippen LogP contribution < -0.4 is 25.8 Å². The molecule has 0 saturated heterocycles. The van der Waals surface area contributed by atoms with Crippen LogP contribution >= 0.6 is 0 Å². The first-order valence-electron chi connectivity index (χ1n) is 9.47. The summed E-state index contributed by atoms with van der Waals surface area (Å²) >= 11 is 0. The molecule has 3 amide bonds. The Morgan fingerprint density at radius 1 is 0.867 bits per heavy atom. The predicted molar refractivity (Wildman–Crippen MR) is 115 cm³/mol. The molecule has 0 fully saturated rings. The Balaban J connectivity index is 1.70. The third-order valence-corrected chi connectivity index (χ3v) is 4.18. The van der Waals surface area contributed by atoms with E-state index < -0.39 is 18.0 Å². The summed E-state index contributed by atoms with van der Waals surface area (Å²) in [5, 5.41) is 5.24. The molecule has 3 aromatic carbocycles. The Morgan fingerprint density at radius 3 is 2.00 bits per heavy atom. The van der Waals surface area contributed by atoms with Crippen LogP contribution in [0.25, 0.3) is 0 Å². The van der Waals surface area contributed by atoms with Crippen LogP contribution in [0.4, 0.5) is 10.5 Å². The van der Waals surface area contributed by atoms with E-state index in [1.54, 1.807) is 36.4 Å². The predicted octanol–water partition coefficient (Wildman–Crippen LogP) is 4.23. The number of ether oxygens (including phenoxy) is 2. The number of anilines is 1. The van der Waals surface area contributed by atoms with Crippen LogP contribution in [0.1, 0.15) is 18.5 Å². The van der Waals surface area contributed by atoms with E-state index in [9.17, 15) is 9.59 Å². The van der Waals surface area contributed by atoms with Gasteiger partial charge in [0, 0.05) is 5.69 Å². The highest BCUT2D eigenvalue weighted by molar-refractivity contribution is 5.98. The van der Waals surface area contributed by atoms with Gasteiger partial charge in [0.2, 0.25) is 0 Å². The van der Waals surface area contributed by atoms with E-state index >= 15 is 0 Å². The van der Waals surface area contributed by atoms with Crippen LogP contribution in [0.2, 0.25) is 0 Å². The van der Waals surface area contributed by atoms with E-state index in [1.807, 2.05) is 49.4 Å². The first-order valence-corrected chi connectivity index (χ1v) is 9.47. The highest BCUT2D eigenvalue weighted by atomic mass is 16.5. The van der Waals surface area contributed by atoms with Gasteiger partial charge in [-0.3, -0.25) is 10.1 Å². The maximum absolute atomic E-state index is 12.4. The topological polar surface area (TPSA) is 103 Å². The molecule has 7 nitrogen and oxygen atoms in total. The van der Waals surface area contributed by atoms with Gasteiger partial charge in [-0.25, -0.2) is 4.79 Å². The number of urea groups is 1. The molecule has 0 aliphatic heterocycles. The summed E-state index contributed by atoms with van der Waals surface area (Å²) in [5.74, 6) is 1.57. The van der Waals surface area contributed by atoms with Crippen molar-refractivity contribution >= 4 is 17.6 Å². The number of nitrogens with two attached hydrogens (primary N) is 1. The smallest absolute Gasteiger partial charge is 0.318 e. The quantitative estimate of drug-likeness (QED) is 0.521. The van der Waals surface area contributed by atoms with Crippen molar-refractivity contribution in [1.82, 2.24) is 5.32 Å². The molecule has 0 radical (unpaired) electrons. The molecule has 7 heteroatoms. The molecular weight excluding hydrogens is 382 g/mol. The summed E-state index contributed by atoms with van der Waals surface area (Å²) in [6.07, 6.45) is 0. The second-order valence-electron chi connectivity index (χ2n) is 6.37. The van der Waals surface area contributed by atoms with Crippen molar-refractivity contribution in [3.8, 4) is 17.2 Å². The van der Waals surface area contributed by atoms with Crippen LogP contribution in [0.3, 0.4) is 0 Å². The van der Waals surface area contributed by atoms with Crippen molar-refractivity contribution in [1.29, 1.82) is 0 Å². The summed E-state index contributed by atoms with van der Waals surface area (Å²) in [5.41, 5.74) is 6.48. The second-order valence-corrected chi connectivity index (χ2v) is 6.37. The Hall–Kier alpha value is -4.00. The van der Waals surface area contributed by atoms with Crippen molar-refractivity contribution in [2.45, 2.75) is 13.0 Å². The van der Waals surface area contributed by atoms with Gasteiger partial charge in [0.25, 0.3) is 5.91 Å². The lowest BCUT2D eigenvalue weighted by Crippen LogP contribution is -2.40. The average Bonchev–Trinajstić information content (AvgIpc) is 2.75. The molecule has 0 heterocycles. The van der Waals surface area contributed by atoms with Gasteiger partial charge in [-0.1, -0.05) is 30.3 Å². The Bertz CT molecular complexity index is 974. The first kappa shape index (κ1) is 20.7. The number of benzene rings is 3. The fourth-order valence-electron chi connectivity index (χ4n) is 2.83. The second kappa shape index (κ2) is 9.97. The van der Waals surface area contributed by atoms with Gasteiger partial charge < -0.3 is 20.5 Å². The molecule has 0 aliphatic rings. The number of carbonyl (C=O) groups excluding carboxylic acids is 2. The SMILES string of the molecule is CCOc1ccc(Oc2ccc(N[C@H](C(=O)NC(N)=O)c3ccccc3)cc2)cc1. The molecule has 154 valence electrons. The van der Waals surface area contributed by atoms with Crippen LogP contribution in [0.5, 0.6) is 17.2 Å². The zero-order chi connectivity index (χ0) is 21.3. The van der Waals surface area contributed by atoms with Gasteiger partial charge in [0.05, 0.1) is 6.61 Å².